The maximum absolute atomic E-state index is 3.51. The van der Waals surface area contributed by atoms with Crippen LogP contribution in [0.25, 0.3) is 0 Å². The van der Waals surface area contributed by atoms with E-state index in [-0.39, 0.29) is 0 Å². The van der Waals surface area contributed by atoms with Crippen LogP contribution in [0.4, 0.5) is 0 Å². The Balaban J connectivity index is 1.56. The third-order valence-electron chi connectivity index (χ3n) is 4.40. The summed E-state index contributed by atoms with van der Waals surface area (Å²) in [4.78, 5) is 5.32. The summed E-state index contributed by atoms with van der Waals surface area (Å²) in [5.74, 6) is 0.970. The first-order valence-electron chi connectivity index (χ1n) is 7.92. The third kappa shape index (κ3) is 4.87. The average Bonchev–Trinajstić information content (AvgIpc) is 2.84. The van der Waals surface area contributed by atoms with Crippen molar-refractivity contribution in [2.75, 3.05) is 45.8 Å². The smallest absolute Gasteiger partial charge is 0.0107 e. The highest BCUT2D eigenvalue weighted by Gasteiger charge is 2.22. The van der Waals surface area contributed by atoms with Crippen molar-refractivity contribution in [2.24, 2.45) is 5.92 Å². The van der Waals surface area contributed by atoms with Crippen LogP contribution in [0.2, 0.25) is 0 Å². The Morgan fingerprint density at radius 3 is 2.28 bits per heavy atom. The highest BCUT2D eigenvalue weighted by molar-refractivity contribution is 4.77. The molecule has 0 atom stereocenters. The van der Waals surface area contributed by atoms with Crippen LogP contribution in [0.15, 0.2) is 0 Å². The minimum atomic E-state index is 0.623. The molecule has 3 nitrogen and oxygen atoms in total. The first kappa shape index (κ1) is 14.3. The SMILES string of the molecule is CC(C)NCCN1CCC(CN2CCCC2)CC1. The van der Waals surface area contributed by atoms with Gasteiger partial charge in [-0.05, 0) is 57.8 Å². The van der Waals surface area contributed by atoms with Crippen LogP contribution in [-0.4, -0.2) is 61.7 Å². The monoisotopic (exact) mass is 253 g/mol. The van der Waals surface area contributed by atoms with Gasteiger partial charge in [-0.1, -0.05) is 13.8 Å². The minimum absolute atomic E-state index is 0.623. The number of hydrogen-bond acceptors (Lipinski definition) is 3. The Labute approximate surface area is 113 Å². The van der Waals surface area contributed by atoms with Gasteiger partial charge >= 0.3 is 0 Å². The zero-order chi connectivity index (χ0) is 12.8. The van der Waals surface area contributed by atoms with Crippen molar-refractivity contribution in [1.82, 2.24) is 15.1 Å². The summed E-state index contributed by atoms with van der Waals surface area (Å²) in [6.07, 6.45) is 5.69. The lowest BCUT2D eigenvalue weighted by Crippen LogP contribution is -2.41. The molecule has 1 N–H and O–H groups in total. The molecule has 2 aliphatic heterocycles. The molecule has 2 aliphatic rings. The lowest BCUT2D eigenvalue weighted by atomic mass is 9.96. The van der Waals surface area contributed by atoms with E-state index in [0.717, 1.165) is 12.5 Å². The molecule has 3 heteroatoms. The van der Waals surface area contributed by atoms with Crippen LogP contribution in [0, 0.1) is 5.92 Å². The van der Waals surface area contributed by atoms with Crippen LogP contribution in [0.3, 0.4) is 0 Å². The predicted molar refractivity (Wildman–Crippen MR) is 78.0 cm³/mol. The largest absolute Gasteiger partial charge is 0.313 e. The molecule has 0 aromatic heterocycles. The average molecular weight is 253 g/mol. The van der Waals surface area contributed by atoms with Crippen LogP contribution < -0.4 is 5.32 Å². The lowest BCUT2D eigenvalue weighted by Gasteiger charge is -2.34. The standard InChI is InChI=1S/C15H31N3/c1-14(2)16-7-12-17-10-5-15(6-11-17)13-18-8-3-4-9-18/h14-16H,3-13H2,1-2H3. The van der Waals surface area contributed by atoms with Gasteiger partial charge in [-0.3, -0.25) is 0 Å². The van der Waals surface area contributed by atoms with Crippen molar-refractivity contribution in [3.05, 3.63) is 0 Å². The first-order valence-corrected chi connectivity index (χ1v) is 7.92. The molecule has 2 heterocycles. The molecule has 2 saturated heterocycles. The Morgan fingerprint density at radius 1 is 1.00 bits per heavy atom. The van der Waals surface area contributed by atoms with Gasteiger partial charge in [0.05, 0.1) is 0 Å². The van der Waals surface area contributed by atoms with Gasteiger partial charge in [-0.2, -0.15) is 0 Å². The summed E-state index contributed by atoms with van der Waals surface area (Å²) in [6, 6.07) is 0.623. The Kier molecular flexibility index (Phi) is 5.93. The number of hydrogen-bond donors (Lipinski definition) is 1. The Hall–Kier alpha value is -0.120. The van der Waals surface area contributed by atoms with E-state index in [1.54, 1.807) is 0 Å². The van der Waals surface area contributed by atoms with Crippen molar-refractivity contribution in [3.63, 3.8) is 0 Å². The Bertz CT molecular complexity index is 216. The van der Waals surface area contributed by atoms with Crippen molar-refractivity contribution < 1.29 is 0 Å². The molecule has 0 radical (unpaired) electrons. The molecule has 2 fully saturated rings. The fourth-order valence-electron chi connectivity index (χ4n) is 3.23. The molecular formula is C15H31N3. The third-order valence-corrected chi connectivity index (χ3v) is 4.40. The highest BCUT2D eigenvalue weighted by Crippen LogP contribution is 2.20. The van der Waals surface area contributed by atoms with E-state index in [2.05, 4.69) is 29.0 Å². The van der Waals surface area contributed by atoms with E-state index in [1.165, 1.54) is 65.0 Å². The van der Waals surface area contributed by atoms with Crippen molar-refractivity contribution in [2.45, 2.75) is 45.6 Å². The van der Waals surface area contributed by atoms with E-state index in [4.69, 9.17) is 0 Å². The molecule has 0 spiro atoms. The molecular weight excluding hydrogens is 222 g/mol. The van der Waals surface area contributed by atoms with Crippen LogP contribution in [0.5, 0.6) is 0 Å². The van der Waals surface area contributed by atoms with Crippen molar-refractivity contribution >= 4 is 0 Å². The fraction of sp³-hybridized carbons (Fsp3) is 1.00. The number of likely N-dealkylation sites (tertiary alicyclic amines) is 2. The van der Waals surface area contributed by atoms with E-state index in [1.807, 2.05) is 0 Å². The van der Waals surface area contributed by atoms with Gasteiger partial charge in [0.2, 0.25) is 0 Å². The summed E-state index contributed by atoms with van der Waals surface area (Å²) in [6.45, 7) is 13.6. The van der Waals surface area contributed by atoms with E-state index >= 15 is 0 Å². The van der Waals surface area contributed by atoms with Crippen LogP contribution >= 0.6 is 0 Å². The van der Waals surface area contributed by atoms with E-state index in [0.29, 0.717) is 6.04 Å². The summed E-state index contributed by atoms with van der Waals surface area (Å²) in [7, 11) is 0. The molecule has 0 aromatic carbocycles. The maximum atomic E-state index is 3.51. The quantitative estimate of drug-likeness (QED) is 0.778. The van der Waals surface area contributed by atoms with E-state index < -0.39 is 0 Å². The maximum Gasteiger partial charge on any atom is 0.0107 e. The number of nitrogens with one attached hydrogen (secondary N) is 1. The molecule has 0 unspecified atom stereocenters. The molecule has 18 heavy (non-hydrogen) atoms. The molecule has 0 saturated carbocycles. The number of nitrogens with zero attached hydrogens (tertiary/aromatic N) is 2. The van der Waals surface area contributed by atoms with Gasteiger partial charge in [0.25, 0.3) is 0 Å². The van der Waals surface area contributed by atoms with Crippen molar-refractivity contribution in [1.29, 1.82) is 0 Å². The number of piperidine rings is 1. The van der Waals surface area contributed by atoms with Gasteiger partial charge in [-0.25, -0.2) is 0 Å². The molecule has 0 aliphatic carbocycles. The Morgan fingerprint density at radius 2 is 1.67 bits per heavy atom. The topological polar surface area (TPSA) is 18.5 Å². The summed E-state index contributed by atoms with van der Waals surface area (Å²) >= 11 is 0. The van der Waals surface area contributed by atoms with Crippen molar-refractivity contribution in [3.8, 4) is 0 Å². The van der Waals surface area contributed by atoms with Gasteiger partial charge in [0.1, 0.15) is 0 Å². The molecule has 106 valence electrons. The zero-order valence-electron chi connectivity index (χ0n) is 12.3. The van der Waals surface area contributed by atoms with Crippen LogP contribution in [0.1, 0.15) is 39.5 Å². The van der Waals surface area contributed by atoms with Crippen LogP contribution in [-0.2, 0) is 0 Å². The normalized spacial score (nSPS) is 24.2. The second kappa shape index (κ2) is 7.46. The highest BCUT2D eigenvalue weighted by atomic mass is 15.2. The minimum Gasteiger partial charge on any atom is -0.313 e. The second-order valence-electron chi connectivity index (χ2n) is 6.40. The summed E-state index contributed by atoms with van der Waals surface area (Å²) in [5, 5.41) is 3.51. The predicted octanol–water partition coefficient (Wildman–Crippen LogP) is 1.79. The second-order valence-corrected chi connectivity index (χ2v) is 6.40. The molecule has 0 amide bonds. The molecule has 0 bridgehead atoms. The summed E-state index contributed by atoms with van der Waals surface area (Å²) < 4.78 is 0. The molecule has 2 rings (SSSR count). The van der Waals surface area contributed by atoms with Gasteiger partial charge < -0.3 is 15.1 Å². The van der Waals surface area contributed by atoms with Gasteiger partial charge in [0.15, 0.2) is 0 Å². The van der Waals surface area contributed by atoms with Gasteiger partial charge in [0, 0.05) is 25.7 Å². The van der Waals surface area contributed by atoms with Gasteiger partial charge in [-0.15, -0.1) is 0 Å². The fourth-order valence-corrected chi connectivity index (χ4v) is 3.23. The van der Waals surface area contributed by atoms with E-state index in [9.17, 15) is 0 Å². The molecule has 0 aromatic rings. The summed E-state index contributed by atoms with van der Waals surface area (Å²) in [5.41, 5.74) is 0. The lowest BCUT2D eigenvalue weighted by molar-refractivity contribution is 0.154. The first-order chi connectivity index (χ1) is 8.74. The number of rotatable bonds is 6. The zero-order valence-corrected chi connectivity index (χ0v) is 12.3.